The van der Waals surface area contributed by atoms with Crippen LogP contribution in [0.4, 0.5) is 4.79 Å². The molecule has 0 radical (unpaired) electrons. The predicted molar refractivity (Wildman–Crippen MR) is 133 cm³/mol. The summed E-state index contributed by atoms with van der Waals surface area (Å²) in [5, 5.41) is 12.5. The highest BCUT2D eigenvalue weighted by Crippen LogP contribution is 2.39. The van der Waals surface area contributed by atoms with E-state index in [2.05, 4.69) is 5.32 Å². The summed E-state index contributed by atoms with van der Waals surface area (Å²) in [6.45, 7) is 12.9. The predicted octanol–water partition coefficient (Wildman–Crippen LogP) is 1.03. The normalized spacial score (nSPS) is 29.2. The molecule has 3 rings (SSSR count). The number of nitrogens with one attached hydrogen (secondary N) is 1. The Bertz CT molecular complexity index is 948. The second-order valence-corrected chi connectivity index (χ2v) is 14.0. The van der Waals surface area contributed by atoms with Gasteiger partial charge in [-0.2, -0.15) is 17.0 Å². The lowest BCUT2D eigenvalue weighted by atomic mass is 9.78. The molecule has 36 heavy (non-hydrogen) atoms. The maximum Gasteiger partial charge on any atom is 0.457 e. The van der Waals surface area contributed by atoms with Crippen LogP contribution in [0.15, 0.2) is 0 Å². The van der Waals surface area contributed by atoms with E-state index in [1.165, 1.54) is 4.31 Å². The van der Waals surface area contributed by atoms with Gasteiger partial charge in [-0.25, -0.2) is 4.79 Å². The summed E-state index contributed by atoms with van der Waals surface area (Å²) in [6.07, 6.45) is 0.935. The number of rotatable bonds is 8. The number of alkyl carbamates (subject to hydrolysis) is 1. The molecule has 0 aromatic rings. The van der Waals surface area contributed by atoms with Crippen molar-refractivity contribution in [3.63, 3.8) is 0 Å². The van der Waals surface area contributed by atoms with E-state index < -0.39 is 57.7 Å². The van der Waals surface area contributed by atoms with E-state index in [9.17, 15) is 23.1 Å². The number of nitrogens with zero attached hydrogens (tertiary/aromatic N) is 2. The topological polar surface area (TPSA) is 161 Å². The summed E-state index contributed by atoms with van der Waals surface area (Å²) in [7, 11) is -4.35. The third-order valence-electron chi connectivity index (χ3n) is 7.50. The number of hydrogen-bond acceptors (Lipinski definition) is 8. The summed E-state index contributed by atoms with van der Waals surface area (Å²) in [5.74, 6) is -1.79. The molecule has 0 aliphatic carbocycles. The van der Waals surface area contributed by atoms with Gasteiger partial charge in [-0.05, 0) is 61.2 Å². The van der Waals surface area contributed by atoms with Crippen molar-refractivity contribution in [3.05, 3.63) is 0 Å². The third-order valence-corrected chi connectivity index (χ3v) is 9.39. The number of carbonyl (C=O) groups is 2. The number of carboxylic acid groups (broad SMARTS) is 1. The zero-order valence-corrected chi connectivity index (χ0v) is 23.2. The first-order chi connectivity index (χ1) is 16.3. The number of carbonyl (C=O) groups excluding carboxylic acids is 1. The van der Waals surface area contributed by atoms with Crippen LogP contribution >= 0.6 is 0 Å². The average molecular weight is 532 g/mol. The number of ether oxygens (including phenoxy) is 1. The first-order valence-electron chi connectivity index (χ1n) is 12.4. The standard InChI is InChI=1S/C22H41BN4O8S/c1-19(2,3)33-18(30)25-16-12-26(13-16)36(31,32)27-11-15(22(24,14-27)17(28)29)9-8-10-23-34-20(4,5)21(6,7)35-23/h15-16H,8-14,24H2,1-7H3,(H,25,30)(H,28,29)/t15-,22-/m0/s1. The molecule has 4 N–H and O–H groups in total. The van der Waals surface area contributed by atoms with Crippen molar-refractivity contribution in [1.29, 1.82) is 0 Å². The van der Waals surface area contributed by atoms with Crippen LogP contribution in [0.2, 0.25) is 6.32 Å². The van der Waals surface area contributed by atoms with E-state index in [0.717, 1.165) is 4.31 Å². The van der Waals surface area contributed by atoms with Gasteiger partial charge in [0.05, 0.1) is 17.2 Å². The lowest BCUT2D eigenvalue weighted by Crippen LogP contribution is -2.64. The van der Waals surface area contributed by atoms with Gasteiger partial charge < -0.3 is 30.2 Å². The smallest absolute Gasteiger partial charge is 0.457 e. The largest absolute Gasteiger partial charge is 0.480 e. The van der Waals surface area contributed by atoms with Crippen molar-refractivity contribution in [2.75, 3.05) is 26.2 Å². The molecule has 0 spiro atoms. The molecule has 2 atom stereocenters. The molecule has 12 nitrogen and oxygen atoms in total. The monoisotopic (exact) mass is 532 g/mol. The Balaban J connectivity index is 1.55. The molecular weight excluding hydrogens is 491 g/mol. The average Bonchev–Trinajstić information content (AvgIpc) is 3.10. The fourth-order valence-corrected chi connectivity index (χ4v) is 6.44. The second-order valence-electron chi connectivity index (χ2n) is 12.1. The van der Waals surface area contributed by atoms with Crippen molar-refractivity contribution >= 4 is 29.4 Å². The second kappa shape index (κ2) is 9.70. The molecule has 14 heteroatoms. The van der Waals surface area contributed by atoms with Gasteiger partial charge in [-0.3, -0.25) is 4.79 Å². The lowest BCUT2D eigenvalue weighted by Gasteiger charge is -2.40. The fraction of sp³-hybridized carbons (Fsp3) is 0.909. The first-order valence-corrected chi connectivity index (χ1v) is 13.8. The number of amides is 1. The van der Waals surface area contributed by atoms with Gasteiger partial charge in [0.25, 0.3) is 10.2 Å². The maximum atomic E-state index is 13.2. The minimum atomic E-state index is -3.93. The molecule has 3 aliphatic heterocycles. The summed E-state index contributed by atoms with van der Waals surface area (Å²) in [5.41, 5.74) is 3.00. The highest BCUT2D eigenvalue weighted by Gasteiger charge is 2.55. The zero-order valence-electron chi connectivity index (χ0n) is 22.4. The Morgan fingerprint density at radius 1 is 1.11 bits per heavy atom. The van der Waals surface area contributed by atoms with Crippen LogP contribution in [0, 0.1) is 5.92 Å². The third kappa shape index (κ3) is 5.99. The van der Waals surface area contributed by atoms with Gasteiger partial charge >= 0.3 is 19.2 Å². The van der Waals surface area contributed by atoms with Crippen LogP contribution in [0.1, 0.15) is 61.3 Å². The Hall–Kier alpha value is -1.45. The van der Waals surface area contributed by atoms with Gasteiger partial charge in [-0.1, -0.05) is 6.42 Å². The molecule has 3 saturated heterocycles. The SMILES string of the molecule is CC(C)(C)OC(=O)NC1CN(S(=O)(=O)N2C[C@H](CCCB3OC(C)(C)C(C)(C)O3)[C@](N)(C(=O)O)C2)C1. The summed E-state index contributed by atoms with van der Waals surface area (Å²) >= 11 is 0. The minimum Gasteiger partial charge on any atom is -0.480 e. The van der Waals surface area contributed by atoms with Crippen molar-refractivity contribution in [2.45, 2.75) is 96.0 Å². The molecule has 0 saturated carbocycles. The summed E-state index contributed by atoms with van der Waals surface area (Å²) < 4.78 is 45.9. The van der Waals surface area contributed by atoms with Gasteiger partial charge in [0.2, 0.25) is 0 Å². The van der Waals surface area contributed by atoms with E-state index >= 15 is 0 Å². The van der Waals surface area contributed by atoms with Crippen molar-refractivity contribution < 1.29 is 37.2 Å². The maximum absolute atomic E-state index is 13.2. The molecule has 0 aromatic carbocycles. The lowest BCUT2D eigenvalue weighted by molar-refractivity contribution is -0.144. The molecule has 3 fully saturated rings. The highest BCUT2D eigenvalue weighted by molar-refractivity contribution is 7.86. The Kier molecular flexibility index (Phi) is 7.84. The van der Waals surface area contributed by atoms with Crippen LogP contribution in [0.5, 0.6) is 0 Å². The Labute approximate surface area is 214 Å². The Morgan fingerprint density at radius 3 is 2.17 bits per heavy atom. The Morgan fingerprint density at radius 2 is 1.67 bits per heavy atom. The van der Waals surface area contributed by atoms with E-state index in [1.54, 1.807) is 20.8 Å². The first kappa shape index (κ1) is 29.1. The molecule has 0 aromatic heterocycles. The molecule has 206 valence electrons. The number of hydrogen-bond donors (Lipinski definition) is 3. The van der Waals surface area contributed by atoms with Crippen molar-refractivity contribution in [2.24, 2.45) is 11.7 Å². The highest BCUT2D eigenvalue weighted by atomic mass is 32.2. The van der Waals surface area contributed by atoms with Crippen LogP contribution in [-0.4, -0.2) is 95.9 Å². The van der Waals surface area contributed by atoms with E-state index in [-0.39, 0.29) is 32.2 Å². The summed E-state index contributed by atoms with van der Waals surface area (Å²) in [4.78, 5) is 24.0. The molecule has 3 aliphatic rings. The summed E-state index contributed by atoms with van der Waals surface area (Å²) in [6, 6.07) is -0.380. The number of aliphatic carboxylic acids is 1. The minimum absolute atomic E-state index is 0.00909. The van der Waals surface area contributed by atoms with Crippen molar-refractivity contribution in [1.82, 2.24) is 13.9 Å². The molecular formula is C22H41BN4O8S. The van der Waals surface area contributed by atoms with Gasteiger partial charge in [-0.15, -0.1) is 0 Å². The van der Waals surface area contributed by atoms with Crippen LogP contribution in [0.25, 0.3) is 0 Å². The number of nitrogens with two attached hydrogens (primary N) is 1. The van der Waals surface area contributed by atoms with E-state index in [4.69, 9.17) is 19.8 Å². The van der Waals surface area contributed by atoms with Gasteiger partial charge in [0.1, 0.15) is 11.1 Å². The van der Waals surface area contributed by atoms with Gasteiger partial charge in [0.15, 0.2) is 0 Å². The quantitative estimate of drug-likeness (QED) is 0.388. The molecule has 0 unspecified atom stereocenters. The van der Waals surface area contributed by atoms with E-state index in [0.29, 0.717) is 19.2 Å². The molecule has 0 bridgehead atoms. The van der Waals surface area contributed by atoms with Crippen LogP contribution in [0.3, 0.4) is 0 Å². The molecule has 1 amide bonds. The van der Waals surface area contributed by atoms with E-state index in [1.807, 2.05) is 27.7 Å². The van der Waals surface area contributed by atoms with Crippen LogP contribution in [-0.2, 0) is 29.0 Å². The van der Waals surface area contributed by atoms with Crippen molar-refractivity contribution in [3.8, 4) is 0 Å². The zero-order chi connectivity index (χ0) is 27.3. The number of carboxylic acids is 1. The van der Waals surface area contributed by atoms with Gasteiger partial charge in [0, 0.05) is 32.1 Å². The van der Waals surface area contributed by atoms with Crippen LogP contribution < -0.4 is 11.1 Å². The fourth-order valence-electron chi connectivity index (χ4n) is 4.63. The molecule has 3 heterocycles.